The summed E-state index contributed by atoms with van der Waals surface area (Å²) in [4.78, 5) is 16.7. The van der Waals surface area contributed by atoms with Gasteiger partial charge in [0.05, 0.1) is 16.0 Å². The number of halogens is 1. The second-order valence-electron chi connectivity index (χ2n) is 5.73. The first-order valence-electron chi connectivity index (χ1n) is 8.21. The smallest absolute Gasteiger partial charge is 0.234 e. The van der Waals surface area contributed by atoms with Gasteiger partial charge in [-0.05, 0) is 36.4 Å². The van der Waals surface area contributed by atoms with Crippen LogP contribution in [0.2, 0.25) is 0 Å². The second-order valence-corrected chi connectivity index (χ2v) is 7.83. The molecule has 0 aliphatic heterocycles. The number of thioether (sulfide) groups is 1. The molecule has 0 unspecified atom stereocenters. The van der Waals surface area contributed by atoms with Crippen LogP contribution >= 0.6 is 23.1 Å². The quantitative estimate of drug-likeness (QED) is 0.520. The zero-order chi connectivity index (χ0) is 18.6. The van der Waals surface area contributed by atoms with Gasteiger partial charge in [0.15, 0.2) is 5.82 Å². The van der Waals surface area contributed by atoms with E-state index in [2.05, 4.69) is 15.4 Å². The highest BCUT2D eigenvalue weighted by atomic mass is 32.2. The molecule has 27 heavy (non-hydrogen) atoms. The van der Waals surface area contributed by atoms with E-state index in [4.69, 9.17) is 0 Å². The van der Waals surface area contributed by atoms with E-state index in [1.54, 1.807) is 41.9 Å². The van der Waals surface area contributed by atoms with Crippen LogP contribution in [0.15, 0.2) is 60.9 Å². The van der Waals surface area contributed by atoms with Crippen LogP contribution in [0, 0.1) is 5.82 Å². The SMILES string of the molecule is O=C(CSCc1nc2ccccc2s1)Nc1ccc(-n2cccn2)c(F)c1. The zero-order valence-electron chi connectivity index (χ0n) is 14.1. The van der Waals surface area contributed by atoms with Crippen molar-refractivity contribution in [3.8, 4) is 5.69 Å². The number of benzene rings is 2. The predicted molar refractivity (Wildman–Crippen MR) is 108 cm³/mol. The predicted octanol–water partition coefficient (Wildman–Crippen LogP) is 4.49. The number of nitrogens with zero attached hydrogens (tertiary/aromatic N) is 3. The minimum absolute atomic E-state index is 0.174. The van der Waals surface area contributed by atoms with Gasteiger partial charge < -0.3 is 5.32 Å². The number of carbonyl (C=O) groups excluding carboxylic acids is 1. The number of aromatic nitrogens is 3. The van der Waals surface area contributed by atoms with Crippen molar-refractivity contribution in [2.45, 2.75) is 5.75 Å². The molecule has 0 spiro atoms. The van der Waals surface area contributed by atoms with Crippen LogP contribution in [0.4, 0.5) is 10.1 Å². The number of amides is 1. The van der Waals surface area contributed by atoms with Gasteiger partial charge in [0, 0.05) is 23.8 Å². The van der Waals surface area contributed by atoms with Gasteiger partial charge in [-0.25, -0.2) is 14.1 Å². The Balaban J connectivity index is 1.32. The van der Waals surface area contributed by atoms with Crippen molar-refractivity contribution < 1.29 is 9.18 Å². The summed E-state index contributed by atoms with van der Waals surface area (Å²) in [7, 11) is 0. The summed E-state index contributed by atoms with van der Waals surface area (Å²) in [5, 5.41) is 7.72. The Morgan fingerprint density at radius 1 is 1.22 bits per heavy atom. The number of carbonyl (C=O) groups is 1. The van der Waals surface area contributed by atoms with E-state index in [1.165, 1.54) is 22.5 Å². The lowest BCUT2D eigenvalue weighted by Crippen LogP contribution is -2.14. The van der Waals surface area contributed by atoms with Crippen LogP contribution in [0.3, 0.4) is 0 Å². The van der Waals surface area contributed by atoms with Crippen molar-refractivity contribution in [3.63, 3.8) is 0 Å². The Hall–Kier alpha value is -2.71. The fourth-order valence-electron chi connectivity index (χ4n) is 2.59. The maximum absolute atomic E-state index is 14.2. The number of hydrogen-bond acceptors (Lipinski definition) is 5. The van der Waals surface area contributed by atoms with Crippen LogP contribution in [0.1, 0.15) is 5.01 Å². The van der Waals surface area contributed by atoms with E-state index in [9.17, 15) is 9.18 Å². The minimum atomic E-state index is -0.446. The molecule has 0 fully saturated rings. The highest BCUT2D eigenvalue weighted by molar-refractivity contribution is 7.99. The summed E-state index contributed by atoms with van der Waals surface area (Å²) < 4.78 is 16.8. The Morgan fingerprint density at radius 2 is 2.11 bits per heavy atom. The third kappa shape index (κ3) is 4.17. The molecule has 5 nitrogen and oxygen atoms in total. The third-order valence-corrected chi connectivity index (χ3v) is 5.94. The average molecular weight is 398 g/mol. The molecule has 2 aromatic carbocycles. The second kappa shape index (κ2) is 7.89. The molecule has 0 atom stereocenters. The number of para-hydroxylation sites is 1. The van der Waals surface area contributed by atoms with Gasteiger partial charge in [0.2, 0.25) is 5.91 Å². The number of fused-ring (bicyclic) bond motifs is 1. The molecule has 0 radical (unpaired) electrons. The lowest BCUT2D eigenvalue weighted by Gasteiger charge is -2.08. The van der Waals surface area contributed by atoms with Gasteiger partial charge in [0.25, 0.3) is 0 Å². The molecule has 0 bridgehead atoms. The molecule has 0 aliphatic rings. The van der Waals surface area contributed by atoms with Crippen molar-refractivity contribution in [3.05, 3.63) is 71.7 Å². The van der Waals surface area contributed by atoms with Crippen molar-refractivity contribution in [2.24, 2.45) is 0 Å². The molecule has 2 heterocycles. The van der Waals surface area contributed by atoms with E-state index in [-0.39, 0.29) is 11.7 Å². The molecule has 0 saturated heterocycles. The Morgan fingerprint density at radius 3 is 2.89 bits per heavy atom. The van der Waals surface area contributed by atoms with E-state index in [0.29, 0.717) is 17.1 Å². The van der Waals surface area contributed by atoms with Crippen LogP contribution in [0.25, 0.3) is 15.9 Å². The molecule has 1 amide bonds. The summed E-state index contributed by atoms with van der Waals surface area (Å²) >= 11 is 3.12. The number of hydrogen-bond donors (Lipinski definition) is 1. The molecule has 0 aliphatic carbocycles. The van der Waals surface area contributed by atoms with Crippen molar-refractivity contribution in [2.75, 3.05) is 11.1 Å². The topological polar surface area (TPSA) is 59.8 Å². The highest BCUT2D eigenvalue weighted by Crippen LogP contribution is 2.25. The van der Waals surface area contributed by atoms with Gasteiger partial charge in [-0.15, -0.1) is 23.1 Å². The van der Waals surface area contributed by atoms with Gasteiger partial charge in [-0.1, -0.05) is 12.1 Å². The number of nitrogens with one attached hydrogen (secondary N) is 1. The van der Waals surface area contributed by atoms with E-state index >= 15 is 0 Å². The van der Waals surface area contributed by atoms with E-state index < -0.39 is 5.82 Å². The first-order chi connectivity index (χ1) is 13.2. The van der Waals surface area contributed by atoms with Crippen LogP contribution in [-0.4, -0.2) is 26.4 Å². The number of thiazole rings is 1. The lowest BCUT2D eigenvalue weighted by molar-refractivity contribution is -0.113. The van der Waals surface area contributed by atoms with Crippen molar-refractivity contribution in [1.29, 1.82) is 0 Å². The van der Waals surface area contributed by atoms with Gasteiger partial charge in [0.1, 0.15) is 10.7 Å². The fourth-order valence-corrected chi connectivity index (χ4v) is 4.44. The summed E-state index contributed by atoms with van der Waals surface area (Å²) in [5.74, 6) is 0.323. The Bertz CT molecular complexity index is 1050. The summed E-state index contributed by atoms with van der Waals surface area (Å²) in [6, 6.07) is 14.2. The van der Waals surface area contributed by atoms with Gasteiger partial charge in [-0.2, -0.15) is 5.10 Å². The molecular formula is C19H15FN4OS2. The Kier molecular flexibility index (Phi) is 5.17. The monoisotopic (exact) mass is 398 g/mol. The first-order valence-corrected chi connectivity index (χ1v) is 10.2. The van der Waals surface area contributed by atoms with Crippen LogP contribution in [-0.2, 0) is 10.5 Å². The average Bonchev–Trinajstić information content (AvgIpc) is 3.31. The number of rotatable bonds is 6. The molecule has 136 valence electrons. The largest absolute Gasteiger partial charge is 0.325 e. The third-order valence-electron chi connectivity index (χ3n) is 3.78. The number of anilines is 1. The van der Waals surface area contributed by atoms with E-state index in [0.717, 1.165) is 15.2 Å². The van der Waals surface area contributed by atoms with Gasteiger partial charge in [-0.3, -0.25) is 4.79 Å². The van der Waals surface area contributed by atoms with Crippen LogP contribution in [0.5, 0.6) is 0 Å². The summed E-state index contributed by atoms with van der Waals surface area (Å²) in [5.41, 5.74) is 1.74. The molecule has 4 aromatic rings. The zero-order valence-corrected chi connectivity index (χ0v) is 15.8. The molecule has 4 rings (SSSR count). The molecule has 8 heteroatoms. The van der Waals surface area contributed by atoms with E-state index in [1.807, 2.05) is 24.3 Å². The standard InChI is InChI=1S/C19H15FN4OS2/c20-14-10-13(6-7-16(14)24-9-3-8-21-24)22-18(25)11-26-12-19-23-15-4-1-2-5-17(15)27-19/h1-10H,11-12H2,(H,22,25). The Labute approximate surface area is 163 Å². The minimum Gasteiger partial charge on any atom is -0.325 e. The molecule has 0 saturated carbocycles. The normalized spacial score (nSPS) is 11.0. The van der Waals surface area contributed by atoms with Gasteiger partial charge >= 0.3 is 0 Å². The summed E-state index contributed by atoms with van der Waals surface area (Å²) in [6.45, 7) is 0. The summed E-state index contributed by atoms with van der Waals surface area (Å²) in [6.07, 6.45) is 3.24. The molecule has 1 N–H and O–H groups in total. The maximum Gasteiger partial charge on any atom is 0.234 e. The first kappa shape index (κ1) is 17.7. The molecular weight excluding hydrogens is 383 g/mol. The van der Waals surface area contributed by atoms with Crippen molar-refractivity contribution >= 4 is 44.9 Å². The highest BCUT2D eigenvalue weighted by Gasteiger charge is 2.09. The maximum atomic E-state index is 14.2. The molecule has 2 aromatic heterocycles. The van der Waals surface area contributed by atoms with Crippen LogP contribution < -0.4 is 5.32 Å². The lowest BCUT2D eigenvalue weighted by atomic mass is 10.2. The van der Waals surface area contributed by atoms with Crippen molar-refractivity contribution in [1.82, 2.24) is 14.8 Å². The fraction of sp³-hybridized carbons (Fsp3) is 0.105.